The summed E-state index contributed by atoms with van der Waals surface area (Å²) in [5.41, 5.74) is 10.3. The number of rotatable bonds is 3. The third kappa shape index (κ3) is 1.99. The lowest BCUT2D eigenvalue weighted by Crippen LogP contribution is -2.05. The summed E-state index contributed by atoms with van der Waals surface area (Å²) in [5.74, 6) is 0. The summed E-state index contributed by atoms with van der Waals surface area (Å²) in [4.78, 5) is 0. The molecular formula is C13H17N3. The Morgan fingerprint density at radius 1 is 1.25 bits per heavy atom. The highest BCUT2D eigenvalue weighted by Gasteiger charge is 2.04. The Morgan fingerprint density at radius 3 is 2.81 bits per heavy atom. The molecule has 1 aromatic carbocycles. The minimum Gasteiger partial charge on any atom is -0.330 e. The Bertz CT molecular complexity index is 486. The number of aromatic nitrogens is 2. The summed E-state index contributed by atoms with van der Waals surface area (Å²) in [6.07, 6.45) is 2.82. The average Bonchev–Trinajstić information content (AvgIpc) is 2.71. The molecule has 0 saturated carbocycles. The van der Waals surface area contributed by atoms with Crippen molar-refractivity contribution in [3.05, 3.63) is 47.3 Å². The van der Waals surface area contributed by atoms with Crippen molar-refractivity contribution in [3.8, 4) is 5.69 Å². The first kappa shape index (κ1) is 10.9. The molecule has 0 radical (unpaired) electrons. The van der Waals surface area contributed by atoms with E-state index in [0.29, 0.717) is 6.54 Å². The zero-order chi connectivity index (χ0) is 11.5. The second-order valence-corrected chi connectivity index (χ2v) is 4.01. The number of nitrogens with zero attached hydrogens (tertiary/aromatic N) is 2. The number of aryl methyl sites for hydroxylation is 1. The molecule has 0 unspecified atom stereocenters. The molecule has 0 aliphatic heterocycles. The van der Waals surface area contributed by atoms with E-state index < -0.39 is 0 Å². The molecule has 0 aliphatic carbocycles. The van der Waals surface area contributed by atoms with Gasteiger partial charge in [0.15, 0.2) is 0 Å². The van der Waals surface area contributed by atoms with E-state index in [1.54, 1.807) is 0 Å². The van der Waals surface area contributed by atoms with Crippen LogP contribution in [0.2, 0.25) is 0 Å². The van der Waals surface area contributed by atoms with Gasteiger partial charge in [-0.2, -0.15) is 5.10 Å². The third-order valence-corrected chi connectivity index (χ3v) is 2.87. The summed E-state index contributed by atoms with van der Waals surface area (Å²) < 4.78 is 1.92. The topological polar surface area (TPSA) is 43.8 Å². The standard InChI is InChI=1S/C13H17N3/c1-10-4-3-5-13(11(10)2)16-9-7-12(15-16)6-8-14/h3-5,7,9H,6,8,14H2,1-2H3. The third-order valence-electron chi connectivity index (χ3n) is 2.87. The van der Waals surface area contributed by atoms with Crippen molar-refractivity contribution in [2.24, 2.45) is 5.73 Å². The molecule has 0 bridgehead atoms. The van der Waals surface area contributed by atoms with E-state index in [1.807, 2.05) is 16.9 Å². The van der Waals surface area contributed by atoms with Crippen LogP contribution in [0.25, 0.3) is 5.69 Å². The first-order valence-corrected chi connectivity index (χ1v) is 5.53. The van der Waals surface area contributed by atoms with Crippen LogP contribution in [0.4, 0.5) is 0 Å². The summed E-state index contributed by atoms with van der Waals surface area (Å²) in [7, 11) is 0. The highest BCUT2D eigenvalue weighted by molar-refractivity contribution is 5.44. The average molecular weight is 215 g/mol. The molecular weight excluding hydrogens is 198 g/mol. The van der Waals surface area contributed by atoms with E-state index >= 15 is 0 Å². The van der Waals surface area contributed by atoms with Crippen LogP contribution in [0.5, 0.6) is 0 Å². The number of benzene rings is 1. The van der Waals surface area contributed by atoms with Gasteiger partial charge in [0.05, 0.1) is 11.4 Å². The molecule has 1 aromatic heterocycles. The van der Waals surface area contributed by atoms with E-state index in [2.05, 4.69) is 37.1 Å². The van der Waals surface area contributed by atoms with Gasteiger partial charge in [0, 0.05) is 12.6 Å². The van der Waals surface area contributed by atoms with Crippen molar-refractivity contribution in [1.29, 1.82) is 0 Å². The minimum absolute atomic E-state index is 0.643. The fourth-order valence-electron chi connectivity index (χ4n) is 1.76. The maximum atomic E-state index is 5.51. The predicted molar refractivity (Wildman–Crippen MR) is 65.8 cm³/mol. The quantitative estimate of drug-likeness (QED) is 0.851. The van der Waals surface area contributed by atoms with E-state index in [9.17, 15) is 0 Å². The van der Waals surface area contributed by atoms with Gasteiger partial charge < -0.3 is 5.73 Å². The fraction of sp³-hybridized carbons (Fsp3) is 0.308. The molecule has 2 aromatic rings. The second-order valence-electron chi connectivity index (χ2n) is 4.01. The molecule has 1 heterocycles. The SMILES string of the molecule is Cc1cccc(-n2ccc(CCN)n2)c1C. The molecule has 3 nitrogen and oxygen atoms in total. The van der Waals surface area contributed by atoms with Gasteiger partial charge in [-0.05, 0) is 43.7 Å². The van der Waals surface area contributed by atoms with Crippen LogP contribution in [-0.4, -0.2) is 16.3 Å². The number of nitrogens with two attached hydrogens (primary N) is 1. The van der Waals surface area contributed by atoms with Crippen LogP contribution in [0.3, 0.4) is 0 Å². The van der Waals surface area contributed by atoms with Gasteiger partial charge in [-0.1, -0.05) is 12.1 Å². The smallest absolute Gasteiger partial charge is 0.0677 e. The Kier molecular flexibility index (Phi) is 3.06. The monoisotopic (exact) mass is 215 g/mol. The molecule has 2 rings (SSSR count). The molecule has 0 saturated heterocycles. The Balaban J connectivity index is 2.39. The largest absolute Gasteiger partial charge is 0.330 e. The summed E-state index contributed by atoms with van der Waals surface area (Å²) >= 11 is 0. The van der Waals surface area contributed by atoms with E-state index in [1.165, 1.54) is 11.1 Å². The highest BCUT2D eigenvalue weighted by atomic mass is 15.3. The molecule has 0 aliphatic rings. The van der Waals surface area contributed by atoms with Crippen LogP contribution < -0.4 is 5.73 Å². The normalized spacial score (nSPS) is 10.7. The Hall–Kier alpha value is -1.61. The van der Waals surface area contributed by atoms with Gasteiger partial charge in [0.2, 0.25) is 0 Å². The number of hydrogen-bond acceptors (Lipinski definition) is 2. The van der Waals surface area contributed by atoms with Gasteiger partial charge in [-0.25, -0.2) is 4.68 Å². The first-order chi connectivity index (χ1) is 7.72. The molecule has 0 atom stereocenters. The molecule has 2 N–H and O–H groups in total. The van der Waals surface area contributed by atoms with Crippen molar-refractivity contribution in [2.45, 2.75) is 20.3 Å². The minimum atomic E-state index is 0.643. The van der Waals surface area contributed by atoms with Crippen LogP contribution >= 0.6 is 0 Å². The summed E-state index contributed by atoms with van der Waals surface area (Å²) in [5, 5.41) is 4.51. The lowest BCUT2D eigenvalue weighted by Gasteiger charge is -2.08. The van der Waals surface area contributed by atoms with Gasteiger partial charge in [0.1, 0.15) is 0 Å². The molecule has 3 heteroatoms. The maximum Gasteiger partial charge on any atom is 0.0677 e. The van der Waals surface area contributed by atoms with E-state index in [0.717, 1.165) is 17.8 Å². The Morgan fingerprint density at radius 2 is 2.06 bits per heavy atom. The predicted octanol–water partition coefficient (Wildman–Crippen LogP) is 1.99. The van der Waals surface area contributed by atoms with Crippen LogP contribution in [0.15, 0.2) is 30.5 Å². The lowest BCUT2D eigenvalue weighted by atomic mass is 10.1. The van der Waals surface area contributed by atoms with Crippen LogP contribution in [0, 0.1) is 13.8 Å². The molecule has 84 valence electrons. The summed E-state index contributed by atoms with van der Waals surface area (Å²) in [6, 6.07) is 8.28. The van der Waals surface area contributed by atoms with Crippen molar-refractivity contribution in [2.75, 3.05) is 6.54 Å². The van der Waals surface area contributed by atoms with Crippen LogP contribution in [-0.2, 0) is 6.42 Å². The van der Waals surface area contributed by atoms with Crippen molar-refractivity contribution in [1.82, 2.24) is 9.78 Å². The van der Waals surface area contributed by atoms with Crippen LogP contribution in [0.1, 0.15) is 16.8 Å². The zero-order valence-electron chi connectivity index (χ0n) is 9.77. The van der Waals surface area contributed by atoms with Gasteiger partial charge >= 0.3 is 0 Å². The van der Waals surface area contributed by atoms with E-state index in [-0.39, 0.29) is 0 Å². The highest BCUT2D eigenvalue weighted by Crippen LogP contribution is 2.16. The molecule has 0 fully saturated rings. The van der Waals surface area contributed by atoms with Crippen molar-refractivity contribution < 1.29 is 0 Å². The molecule has 16 heavy (non-hydrogen) atoms. The second kappa shape index (κ2) is 4.49. The Labute approximate surface area is 95.9 Å². The van der Waals surface area contributed by atoms with Crippen molar-refractivity contribution >= 4 is 0 Å². The fourth-order valence-corrected chi connectivity index (χ4v) is 1.76. The molecule has 0 spiro atoms. The van der Waals surface area contributed by atoms with Gasteiger partial charge in [-0.15, -0.1) is 0 Å². The maximum absolute atomic E-state index is 5.51. The van der Waals surface area contributed by atoms with E-state index in [4.69, 9.17) is 5.73 Å². The van der Waals surface area contributed by atoms with Crippen molar-refractivity contribution in [3.63, 3.8) is 0 Å². The number of hydrogen-bond donors (Lipinski definition) is 1. The lowest BCUT2D eigenvalue weighted by molar-refractivity contribution is 0.816. The van der Waals surface area contributed by atoms with Gasteiger partial charge in [0.25, 0.3) is 0 Å². The zero-order valence-corrected chi connectivity index (χ0v) is 9.77. The van der Waals surface area contributed by atoms with Gasteiger partial charge in [-0.3, -0.25) is 0 Å². The molecule has 0 amide bonds. The first-order valence-electron chi connectivity index (χ1n) is 5.53. The summed E-state index contributed by atoms with van der Waals surface area (Å²) in [6.45, 7) is 4.88.